The van der Waals surface area contributed by atoms with Gasteiger partial charge in [-0.15, -0.1) is 0 Å². The molecule has 0 bridgehead atoms. The van der Waals surface area contributed by atoms with Gasteiger partial charge in [-0.3, -0.25) is 9.69 Å². The minimum atomic E-state index is -0.150. The topological polar surface area (TPSA) is 87.8 Å². The van der Waals surface area contributed by atoms with Crippen LogP contribution in [0.15, 0.2) is 24.3 Å². The van der Waals surface area contributed by atoms with Crippen molar-refractivity contribution in [3.8, 4) is 0 Å². The summed E-state index contributed by atoms with van der Waals surface area (Å²) in [4.78, 5) is 14.1. The molecule has 0 aliphatic heterocycles. The van der Waals surface area contributed by atoms with E-state index in [9.17, 15) is 4.79 Å². The molecule has 4 N–H and O–H groups in total. The van der Waals surface area contributed by atoms with E-state index in [1.807, 2.05) is 4.90 Å². The summed E-state index contributed by atoms with van der Waals surface area (Å²) in [6.45, 7) is 1.72. The summed E-state index contributed by atoms with van der Waals surface area (Å²) in [6, 6.07) is 7.01. The smallest absolute Gasteiger partial charge is 0.238 e. The Labute approximate surface area is 129 Å². The number of thiocarbonyl (C=S) groups is 1. The van der Waals surface area contributed by atoms with Crippen molar-refractivity contribution in [2.24, 2.45) is 5.73 Å². The quantitative estimate of drug-likeness (QED) is 0.565. The maximum absolute atomic E-state index is 12.0. The van der Waals surface area contributed by atoms with Crippen LogP contribution in [0, 0.1) is 0 Å². The second-order valence-electron chi connectivity index (χ2n) is 4.48. The third-order valence-electron chi connectivity index (χ3n) is 2.85. The summed E-state index contributed by atoms with van der Waals surface area (Å²) in [5, 5.41) is 11.8. The number of carbonyl (C=O) groups is 1. The fraction of sp³-hybridized carbons (Fsp3) is 0.429. The standard InChI is InChI=1S/C14H21N3O3S/c1-20-9-7-17(6-8-18)10-13(19)16-12-4-2-11(3-5-12)14(15)21/h2-5,18H,6-10H2,1H3,(H2,15,21)(H,16,19). The van der Waals surface area contributed by atoms with Gasteiger partial charge < -0.3 is 20.9 Å². The van der Waals surface area contributed by atoms with Crippen molar-refractivity contribution in [3.63, 3.8) is 0 Å². The molecule has 0 aliphatic carbocycles. The molecular weight excluding hydrogens is 290 g/mol. The molecule has 1 amide bonds. The zero-order valence-electron chi connectivity index (χ0n) is 12.0. The molecule has 0 radical (unpaired) electrons. The highest BCUT2D eigenvalue weighted by atomic mass is 32.1. The number of rotatable bonds is 9. The monoisotopic (exact) mass is 311 g/mol. The molecule has 0 aromatic heterocycles. The normalized spacial score (nSPS) is 10.6. The molecular formula is C14H21N3O3S. The van der Waals surface area contributed by atoms with E-state index in [0.29, 0.717) is 30.4 Å². The maximum atomic E-state index is 12.0. The molecule has 1 aromatic carbocycles. The third-order valence-corrected chi connectivity index (χ3v) is 3.08. The number of aliphatic hydroxyl groups is 1. The van der Waals surface area contributed by atoms with Crippen LogP contribution in [0.4, 0.5) is 5.69 Å². The Bertz CT molecular complexity index is 465. The van der Waals surface area contributed by atoms with E-state index < -0.39 is 0 Å². The summed E-state index contributed by atoms with van der Waals surface area (Å²) < 4.78 is 4.98. The van der Waals surface area contributed by atoms with Gasteiger partial charge in [-0.2, -0.15) is 0 Å². The number of hydrogen-bond donors (Lipinski definition) is 3. The molecule has 1 rings (SSSR count). The van der Waals surface area contributed by atoms with Crippen LogP contribution in [-0.2, 0) is 9.53 Å². The van der Waals surface area contributed by atoms with Crippen LogP contribution in [0.5, 0.6) is 0 Å². The van der Waals surface area contributed by atoms with Gasteiger partial charge in [0.1, 0.15) is 4.99 Å². The molecule has 0 spiro atoms. The van der Waals surface area contributed by atoms with Gasteiger partial charge >= 0.3 is 0 Å². The van der Waals surface area contributed by atoms with Crippen molar-refractivity contribution < 1.29 is 14.6 Å². The maximum Gasteiger partial charge on any atom is 0.238 e. The van der Waals surface area contributed by atoms with E-state index in [1.54, 1.807) is 31.4 Å². The number of ether oxygens (including phenoxy) is 1. The van der Waals surface area contributed by atoms with Crippen LogP contribution >= 0.6 is 12.2 Å². The second kappa shape index (κ2) is 9.41. The van der Waals surface area contributed by atoms with Gasteiger partial charge in [0.25, 0.3) is 0 Å². The van der Waals surface area contributed by atoms with E-state index in [2.05, 4.69) is 5.32 Å². The van der Waals surface area contributed by atoms with E-state index in [0.717, 1.165) is 5.56 Å². The summed E-state index contributed by atoms with van der Waals surface area (Å²) in [5.41, 5.74) is 6.94. The van der Waals surface area contributed by atoms with Gasteiger partial charge in [-0.05, 0) is 24.3 Å². The van der Waals surface area contributed by atoms with Gasteiger partial charge in [0.2, 0.25) is 5.91 Å². The van der Waals surface area contributed by atoms with Gasteiger partial charge in [-0.25, -0.2) is 0 Å². The van der Waals surface area contributed by atoms with Crippen molar-refractivity contribution >= 4 is 28.8 Å². The Morgan fingerprint density at radius 2 is 2.05 bits per heavy atom. The van der Waals surface area contributed by atoms with Crippen LogP contribution in [0.1, 0.15) is 5.56 Å². The number of aliphatic hydroxyl groups excluding tert-OH is 1. The van der Waals surface area contributed by atoms with Crippen LogP contribution in [0.25, 0.3) is 0 Å². The minimum Gasteiger partial charge on any atom is -0.395 e. The first-order valence-corrected chi connectivity index (χ1v) is 6.99. The fourth-order valence-electron chi connectivity index (χ4n) is 1.75. The lowest BCUT2D eigenvalue weighted by molar-refractivity contribution is -0.117. The number of benzene rings is 1. The summed E-state index contributed by atoms with van der Waals surface area (Å²) in [5.74, 6) is -0.150. The van der Waals surface area contributed by atoms with Crippen molar-refractivity contribution in [1.82, 2.24) is 4.90 Å². The molecule has 0 saturated carbocycles. The van der Waals surface area contributed by atoms with Crippen molar-refractivity contribution in [1.29, 1.82) is 0 Å². The molecule has 116 valence electrons. The lowest BCUT2D eigenvalue weighted by Crippen LogP contribution is -2.37. The van der Waals surface area contributed by atoms with Crippen LogP contribution in [0.3, 0.4) is 0 Å². The Hall–Kier alpha value is -1.54. The summed E-state index contributed by atoms with van der Waals surface area (Å²) in [7, 11) is 1.60. The van der Waals surface area contributed by atoms with Crippen molar-refractivity contribution in [3.05, 3.63) is 29.8 Å². The molecule has 0 atom stereocenters. The van der Waals surface area contributed by atoms with E-state index in [1.165, 1.54) is 0 Å². The third kappa shape index (κ3) is 6.63. The number of nitrogens with two attached hydrogens (primary N) is 1. The van der Waals surface area contributed by atoms with Crippen LogP contribution in [0.2, 0.25) is 0 Å². The van der Waals surface area contributed by atoms with E-state index >= 15 is 0 Å². The highest BCUT2D eigenvalue weighted by Crippen LogP contribution is 2.09. The first-order valence-electron chi connectivity index (χ1n) is 6.58. The number of nitrogens with zero attached hydrogens (tertiary/aromatic N) is 1. The highest BCUT2D eigenvalue weighted by molar-refractivity contribution is 7.80. The molecule has 0 aliphatic rings. The fourth-order valence-corrected chi connectivity index (χ4v) is 1.89. The largest absolute Gasteiger partial charge is 0.395 e. The molecule has 6 nitrogen and oxygen atoms in total. The zero-order chi connectivity index (χ0) is 15.7. The van der Waals surface area contributed by atoms with Crippen LogP contribution < -0.4 is 11.1 Å². The Balaban J connectivity index is 2.52. The van der Waals surface area contributed by atoms with Gasteiger partial charge in [0.05, 0.1) is 19.8 Å². The predicted molar refractivity (Wildman–Crippen MR) is 86.4 cm³/mol. The average Bonchev–Trinajstić information content (AvgIpc) is 2.45. The van der Waals surface area contributed by atoms with Crippen molar-refractivity contribution in [2.45, 2.75) is 0 Å². The average molecular weight is 311 g/mol. The van der Waals surface area contributed by atoms with E-state index in [-0.39, 0.29) is 19.1 Å². The SMILES string of the molecule is COCCN(CCO)CC(=O)Nc1ccc(C(N)=S)cc1. The molecule has 0 saturated heterocycles. The first kappa shape index (κ1) is 17.5. The first-order chi connectivity index (χ1) is 10.1. The summed E-state index contributed by atoms with van der Waals surface area (Å²) >= 11 is 4.87. The number of hydrogen-bond acceptors (Lipinski definition) is 5. The highest BCUT2D eigenvalue weighted by Gasteiger charge is 2.10. The second-order valence-corrected chi connectivity index (χ2v) is 4.92. The lowest BCUT2D eigenvalue weighted by atomic mass is 10.2. The van der Waals surface area contributed by atoms with E-state index in [4.69, 9.17) is 27.8 Å². The van der Waals surface area contributed by atoms with Gasteiger partial charge in [0, 0.05) is 31.5 Å². The number of nitrogens with one attached hydrogen (secondary N) is 1. The zero-order valence-corrected chi connectivity index (χ0v) is 12.9. The molecule has 0 fully saturated rings. The Kier molecular flexibility index (Phi) is 7.84. The number of carbonyl (C=O) groups excluding carboxylic acids is 1. The molecule has 0 unspecified atom stereocenters. The molecule has 0 heterocycles. The van der Waals surface area contributed by atoms with Gasteiger partial charge in [0.15, 0.2) is 0 Å². The number of methoxy groups -OCH3 is 1. The Morgan fingerprint density at radius 1 is 1.38 bits per heavy atom. The van der Waals surface area contributed by atoms with Crippen LogP contribution in [-0.4, -0.2) is 60.9 Å². The van der Waals surface area contributed by atoms with Crippen molar-refractivity contribution in [2.75, 3.05) is 45.3 Å². The minimum absolute atomic E-state index is 0.000361. The molecule has 21 heavy (non-hydrogen) atoms. The number of amides is 1. The number of anilines is 1. The Morgan fingerprint density at radius 3 is 2.57 bits per heavy atom. The molecule has 1 aromatic rings. The predicted octanol–water partition coefficient (Wildman–Crippen LogP) is 0.200. The summed E-state index contributed by atoms with van der Waals surface area (Å²) in [6.07, 6.45) is 0. The lowest BCUT2D eigenvalue weighted by Gasteiger charge is -2.20. The van der Waals surface area contributed by atoms with Gasteiger partial charge in [-0.1, -0.05) is 12.2 Å². The molecule has 7 heteroatoms.